The number of benzene rings is 2. The number of aryl methyl sites for hydroxylation is 2. The molecular formula is C22H26N2O4. The average molecular weight is 382 g/mol. The van der Waals surface area contributed by atoms with Gasteiger partial charge in [0.15, 0.2) is 6.61 Å². The van der Waals surface area contributed by atoms with Gasteiger partial charge in [0.2, 0.25) is 0 Å². The van der Waals surface area contributed by atoms with E-state index in [0.717, 1.165) is 47.5 Å². The second kappa shape index (κ2) is 8.78. The molecule has 1 fully saturated rings. The highest BCUT2D eigenvalue weighted by atomic mass is 16.5. The van der Waals surface area contributed by atoms with E-state index in [9.17, 15) is 9.59 Å². The lowest BCUT2D eigenvalue weighted by atomic mass is 10.0. The molecule has 6 nitrogen and oxygen atoms in total. The molecule has 1 heterocycles. The lowest BCUT2D eigenvalue weighted by molar-refractivity contribution is -0.133. The van der Waals surface area contributed by atoms with Crippen molar-refractivity contribution in [3.63, 3.8) is 0 Å². The van der Waals surface area contributed by atoms with Crippen LogP contribution in [0.15, 0.2) is 36.4 Å². The van der Waals surface area contributed by atoms with Gasteiger partial charge in [-0.25, -0.2) is 0 Å². The zero-order valence-electron chi connectivity index (χ0n) is 16.6. The van der Waals surface area contributed by atoms with E-state index in [4.69, 9.17) is 9.47 Å². The van der Waals surface area contributed by atoms with Crippen LogP contribution in [0, 0.1) is 13.8 Å². The Morgan fingerprint density at radius 2 is 1.64 bits per heavy atom. The van der Waals surface area contributed by atoms with Crippen LogP contribution in [0.1, 0.15) is 21.5 Å². The van der Waals surface area contributed by atoms with Crippen molar-refractivity contribution in [2.24, 2.45) is 0 Å². The summed E-state index contributed by atoms with van der Waals surface area (Å²) in [7, 11) is 1.61. The average Bonchev–Trinajstić information content (AvgIpc) is 2.73. The molecule has 0 atom stereocenters. The Morgan fingerprint density at radius 1 is 1.00 bits per heavy atom. The topological polar surface area (TPSA) is 59.1 Å². The minimum absolute atomic E-state index is 0.0142. The number of ether oxygens (including phenoxy) is 2. The standard InChI is InChI=1S/C22H26N2O4/c1-16-13-21(17(2)12-18(16)14-25)23-8-10-24(11-9-23)22(26)15-28-20-6-4-19(27-3)5-7-20/h4-7,12-14H,8-11,15H2,1-3H3. The Bertz CT molecular complexity index is 840. The molecule has 0 N–H and O–H groups in total. The van der Waals surface area contributed by atoms with Gasteiger partial charge in [0, 0.05) is 37.4 Å². The smallest absolute Gasteiger partial charge is 0.260 e. The molecule has 2 aromatic rings. The normalized spacial score (nSPS) is 14.0. The highest BCUT2D eigenvalue weighted by molar-refractivity contribution is 5.80. The molecule has 28 heavy (non-hydrogen) atoms. The number of piperazine rings is 1. The van der Waals surface area contributed by atoms with Crippen LogP contribution in [-0.2, 0) is 4.79 Å². The van der Waals surface area contributed by atoms with E-state index < -0.39 is 0 Å². The van der Waals surface area contributed by atoms with E-state index in [1.54, 1.807) is 31.4 Å². The van der Waals surface area contributed by atoms with Crippen molar-refractivity contribution < 1.29 is 19.1 Å². The Hall–Kier alpha value is -3.02. The first-order valence-electron chi connectivity index (χ1n) is 9.38. The maximum absolute atomic E-state index is 12.5. The van der Waals surface area contributed by atoms with Crippen LogP contribution < -0.4 is 14.4 Å². The van der Waals surface area contributed by atoms with Crippen molar-refractivity contribution in [3.05, 3.63) is 53.1 Å². The van der Waals surface area contributed by atoms with E-state index in [1.165, 1.54) is 0 Å². The highest BCUT2D eigenvalue weighted by Crippen LogP contribution is 2.25. The van der Waals surface area contributed by atoms with Gasteiger partial charge in [0.05, 0.1) is 7.11 Å². The van der Waals surface area contributed by atoms with E-state index in [1.807, 2.05) is 24.8 Å². The molecule has 0 aliphatic carbocycles. The van der Waals surface area contributed by atoms with Gasteiger partial charge in [-0.3, -0.25) is 9.59 Å². The molecule has 0 bridgehead atoms. The first kappa shape index (κ1) is 19.7. The van der Waals surface area contributed by atoms with E-state index in [-0.39, 0.29) is 12.5 Å². The quantitative estimate of drug-likeness (QED) is 0.719. The zero-order chi connectivity index (χ0) is 20.1. The van der Waals surface area contributed by atoms with Crippen LogP contribution in [0.5, 0.6) is 11.5 Å². The van der Waals surface area contributed by atoms with Crippen LogP contribution in [-0.4, -0.2) is 57.0 Å². The SMILES string of the molecule is COc1ccc(OCC(=O)N2CCN(c3cc(C)c(C=O)cc3C)CC2)cc1. The number of amides is 1. The maximum Gasteiger partial charge on any atom is 0.260 e. The fraction of sp³-hybridized carbons (Fsp3) is 0.364. The summed E-state index contributed by atoms with van der Waals surface area (Å²) in [6, 6.07) is 11.2. The Labute approximate surface area is 165 Å². The molecule has 6 heteroatoms. The summed E-state index contributed by atoms with van der Waals surface area (Å²) in [6.45, 7) is 6.81. The van der Waals surface area contributed by atoms with Crippen LogP contribution >= 0.6 is 0 Å². The number of carbonyl (C=O) groups excluding carboxylic acids is 2. The summed E-state index contributed by atoms with van der Waals surface area (Å²) in [5.41, 5.74) is 3.91. The molecule has 0 aromatic heterocycles. The second-order valence-corrected chi connectivity index (χ2v) is 6.95. The molecule has 0 radical (unpaired) electrons. The number of methoxy groups -OCH3 is 1. The number of hydrogen-bond donors (Lipinski definition) is 0. The monoisotopic (exact) mass is 382 g/mol. The van der Waals surface area contributed by atoms with Crippen LogP contribution in [0.4, 0.5) is 5.69 Å². The molecule has 3 rings (SSSR count). The third-order valence-electron chi connectivity index (χ3n) is 5.11. The fourth-order valence-electron chi connectivity index (χ4n) is 3.40. The maximum atomic E-state index is 12.5. The zero-order valence-corrected chi connectivity index (χ0v) is 16.6. The van der Waals surface area contributed by atoms with E-state index in [0.29, 0.717) is 18.8 Å². The molecule has 1 amide bonds. The molecule has 148 valence electrons. The molecule has 1 saturated heterocycles. The van der Waals surface area contributed by atoms with Crippen molar-refractivity contribution in [2.45, 2.75) is 13.8 Å². The van der Waals surface area contributed by atoms with Gasteiger partial charge in [-0.15, -0.1) is 0 Å². The number of anilines is 1. The fourth-order valence-corrected chi connectivity index (χ4v) is 3.40. The minimum Gasteiger partial charge on any atom is -0.497 e. The lowest BCUT2D eigenvalue weighted by Gasteiger charge is -2.37. The number of carbonyl (C=O) groups is 2. The van der Waals surface area contributed by atoms with Gasteiger partial charge in [-0.1, -0.05) is 0 Å². The summed E-state index contributed by atoms with van der Waals surface area (Å²) in [4.78, 5) is 27.7. The third-order valence-corrected chi connectivity index (χ3v) is 5.11. The molecular weight excluding hydrogens is 356 g/mol. The summed E-state index contributed by atoms with van der Waals surface area (Å²) >= 11 is 0. The first-order chi connectivity index (χ1) is 13.5. The molecule has 0 unspecified atom stereocenters. The molecule has 0 spiro atoms. The Morgan fingerprint density at radius 3 is 2.25 bits per heavy atom. The summed E-state index contributed by atoms with van der Waals surface area (Å²) in [5, 5.41) is 0. The van der Waals surface area contributed by atoms with Crippen molar-refractivity contribution in [3.8, 4) is 11.5 Å². The number of aldehydes is 1. The summed E-state index contributed by atoms with van der Waals surface area (Å²) in [5.74, 6) is 1.38. The third kappa shape index (κ3) is 4.44. The summed E-state index contributed by atoms with van der Waals surface area (Å²) in [6.07, 6.45) is 0.894. The molecule has 2 aromatic carbocycles. The predicted molar refractivity (Wildman–Crippen MR) is 109 cm³/mol. The van der Waals surface area contributed by atoms with Crippen LogP contribution in [0.2, 0.25) is 0 Å². The van der Waals surface area contributed by atoms with Crippen molar-refractivity contribution >= 4 is 17.9 Å². The van der Waals surface area contributed by atoms with Gasteiger partial charge < -0.3 is 19.3 Å². The van der Waals surface area contributed by atoms with Crippen LogP contribution in [0.25, 0.3) is 0 Å². The number of hydrogen-bond acceptors (Lipinski definition) is 5. The lowest BCUT2D eigenvalue weighted by Crippen LogP contribution is -2.50. The van der Waals surface area contributed by atoms with Gasteiger partial charge in [-0.05, 0) is 61.4 Å². The Balaban J connectivity index is 1.54. The number of nitrogens with zero attached hydrogens (tertiary/aromatic N) is 2. The predicted octanol–water partition coefficient (Wildman–Crippen LogP) is 2.85. The van der Waals surface area contributed by atoms with Gasteiger partial charge in [-0.2, -0.15) is 0 Å². The van der Waals surface area contributed by atoms with E-state index >= 15 is 0 Å². The largest absolute Gasteiger partial charge is 0.497 e. The van der Waals surface area contributed by atoms with Crippen molar-refractivity contribution in [1.29, 1.82) is 0 Å². The minimum atomic E-state index is -0.0142. The molecule has 1 aliphatic heterocycles. The molecule has 1 aliphatic rings. The highest BCUT2D eigenvalue weighted by Gasteiger charge is 2.22. The Kier molecular flexibility index (Phi) is 6.19. The van der Waals surface area contributed by atoms with Crippen molar-refractivity contribution in [2.75, 3.05) is 44.8 Å². The first-order valence-corrected chi connectivity index (χ1v) is 9.38. The van der Waals surface area contributed by atoms with Gasteiger partial charge in [0.1, 0.15) is 17.8 Å². The van der Waals surface area contributed by atoms with Crippen LogP contribution in [0.3, 0.4) is 0 Å². The second-order valence-electron chi connectivity index (χ2n) is 6.95. The number of rotatable bonds is 6. The van der Waals surface area contributed by atoms with Gasteiger partial charge in [0.25, 0.3) is 5.91 Å². The summed E-state index contributed by atoms with van der Waals surface area (Å²) < 4.78 is 10.7. The van der Waals surface area contributed by atoms with Gasteiger partial charge >= 0.3 is 0 Å². The van der Waals surface area contributed by atoms with Crippen molar-refractivity contribution in [1.82, 2.24) is 4.90 Å². The molecule has 0 saturated carbocycles. The van der Waals surface area contributed by atoms with E-state index in [2.05, 4.69) is 11.0 Å².